The number of benzene rings is 9. The summed E-state index contributed by atoms with van der Waals surface area (Å²) in [5.41, 5.74) is 10.4. The molecule has 0 saturated heterocycles. The summed E-state index contributed by atoms with van der Waals surface area (Å²) in [4.78, 5) is 0. The van der Waals surface area contributed by atoms with Gasteiger partial charge in [0.1, 0.15) is 44.8 Å². The number of rotatable bonds is 6. The molecule has 0 aliphatic carbocycles. The molecule has 0 saturated carbocycles. The minimum absolute atomic E-state index is 0.781. The second kappa shape index (κ2) is 15.1. The lowest BCUT2D eigenvalue weighted by Crippen LogP contribution is -2.74. The van der Waals surface area contributed by atoms with E-state index in [1.807, 2.05) is 19.1 Å². The first-order valence-electron chi connectivity index (χ1n) is 22.4. The van der Waals surface area contributed by atoms with E-state index in [0.717, 1.165) is 99.2 Å². The number of aryl methyl sites for hydroxylation is 1. The van der Waals surface area contributed by atoms with Gasteiger partial charge in [-0.1, -0.05) is 158 Å². The summed E-state index contributed by atoms with van der Waals surface area (Å²) in [6.45, 7) is 2.02. The molecule has 66 heavy (non-hydrogen) atoms. The maximum absolute atomic E-state index is 6.74. The molecule has 0 N–H and O–H groups in total. The Bertz CT molecular complexity index is 4010. The molecule has 4 aromatic heterocycles. The van der Waals surface area contributed by atoms with Gasteiger partial charge in [0.25, 0.3) is 0 Å². The highest BCUT2D eigenvalue weighted by Gasteiger charge is 2.42. The first-order chi connectivity index (χ1) is 32.6. The molecule has 0 atom stereocenters. The van der Waals surface area contributed by atoms with Crippen molar-refractivity contribution < 1.29 is 17.7 Å². The minimum atomic E-state index is -3.04. The van der Waals surface area contributed by atoms with Crippen LogP contribution in [0, 0.1) is 6.92 Å². The predicted octanol–water partition coefficient (Wildman–Crippen LogP) is 14.3. The van der Waals surface area contributed by atoms with Gasteiger partial charge in [0.2, 0.25) is 0 Å². The van der Waals surface area contributed by atoms with Crippen LogP contribution in [0.25, 0.3) is 99.0 Å². The van der Waals surface area contributed by atoms with Crippen molar-refractivity contribution in [3.05, 3.63) is 230 Å². The van der Waals surface area contributed by atoms with Gasteiger partial charge in [-0.3, -0.25) is 0 Å². The van der Waals surface area contributed by atoms with Gasteiger partial charge in [0.15, 0.2) is 8.07 Å². The van der Waals surface area contributed by atoms with Crippen molar-refractivity contribution in [2.24, 2.45) is 0 Å². The second-order valence-electron chi connectivity index (χ2n) is 17.2. The number of hydrogen-bond donors (Lipinski definition) is 0. The molecule has 0 bridgehead atoms. The van der Waals surface area contributed by atoms with E-state index in [0.29, 0.717) is 0 Å². The van der Waals surface area contributed by atoms with E-state index in [1.54, 1.807) is 0 Å². The predicted molar refractivity (Wildman–Crippen MR) is 275 cm³/mol. The summed E-state index contributed by atoms with van der Waals surface area (Å²) in [5, 5.41) is 12.2. The summed E-state index contributed by atoms with van der Waals surface area (Å²) >= 11 is 0. The first-order valence-corrected chi connectivity index (χ1v) is 24.4. The van der Waals surface area contributed by atoms with Crippen molar-refractivity contribution >= 4 is 106 Å². The topological polar surface area (TPSA) is 52.6 Å². The third-order valence-electron chi connectivity index (χ3n) is 13.4. The zero-order valence-electron chi connectivity index (χ0n) is 36.0. The van der Waals surface area contributed by atoms with Crippen molar-refractivity contribution in [1.29, 1.82) is 0 Å². The highest BCUT2D eigenvalue weighted by molar-refractivity contribution is 7.20. The number of hydrogen-bond acceptors (Lipinski definition) is 4. The molecule has 0 amide bonds. The lowest BCUT2D eigenvalue weighted by molar-refractivity contribution is 0.569. The Morgan fingerprint density at radius 1 is 0.258 bits per heavy atom. The van der Waals surface area contributed by atoms with Crippen molar-refractivity contribution in [2.75, 3.05) is 0 Å². The molecule has 0 unspecified atom stereocenters. The summed E-state index contributed by atoms with van der Waals surface area (Å²) < 4.78 is 26.6. The Balaban J connectivity index is 1.02. The number of fused-ring (bicyclic) bond motifs is 10. The van der Waals surface area contributed by atoms with Crippen molar-refractivity contribution in [1.82, 2.24) is 0 Å². The quantitative estimate of drug-likeness (QED) is 0.123. The fourth-order valence-corrected chi connectivity index (χ4v) is 15.0. The minimum Gasteiger partial charge on any atom is -0.461 e. The van der Waals surface area contributed by atoms with Crippen LogP contribution in [0.2, 0.25) is 0 Å². The third-order valence-corrected chi connectivity index (χ3v) is 18.1. The third kappa shape index (κ3) is 6.12. The maximum atomic E-state index is 6.74. The zero-order chi connectivity index (χ0) is 43.8. The molecule has 0 radical (unpaired) electrons. The van der Waals surface area contributed by atoms with E-state index in [9.17, 15) is 0 Å². The average molecular weight is 865 g/mol. The SMILES string of the molecule is Cc1cc2c(ccc3cc([Si](c4ccccc4)(c4ccccc4)c4ccc5oc6cc7c(cc6c5c4)oc4ccc(-c5ccccc5)cc47)ccc3o1)oc1ccc(-c3ccccc3)cc12. The van der Waals surface area contributed by atoms with E-state index >= 15 is 0 Å². The lowest BCUT2D eigenvalue weighted by atomic mass is 10.0. The van der Waals surface area contributed by atoms with Crippen LogP contribution in [0.5, 0.6) is 0 Å². The average Bonchev–Trinajstić information content (AvgIpc) is 4.04. The van der Waals surface area contributed by atoms with Crippen LogP contribution in [0.15, 0.2) is 242 Å². The van der Waals surface area contributed by atoms with Crippen LogP contribution in [-0.4, -0.2) is 8.07 Å². The first kappa shape index (κ1) is 38.1. The molecule has 0 fully saturated rings. The normalized spacial score (nSPS) is 12.0. The fraction of sp³-hybridized carbons (Fsp3) is 0.0164. The Hall–Kier alpha value is -8.38. The Labute approximate surface area is 380 Å². The molecule has 0 spiro atoms. The molecule has 4 heterocycles. The summed E-state index contributed by atoms with van der Waals surface area (Å²) in [7, 11) is -3.04. The lowest BCUT2D eigenvalue weighted by Gasteiger charge is -2.34. The summed E-state index contributed by atoms with van der Waals surface area (Å²) in [6, 6.07) is 80.1. The van der Waals surface area contributed by atoms with Crippen LogP contribution in [0.1, 0.15) is 5.76 Å². The van der Waals surface area contributed by atoms with Gasteiger partial charge in [0.05, 0.1) is 0 Å². The van der Waals surface area contributed by atoms with Gasteiger partial charge in [-0.15, -0.1) is 0 Å². The highest BCUT2D eigenvalue weighted by atomic mass is 28.3. The van der Waals surface area contributed by atoms with E-state index in [1.165, 1.54) is 26.3 Å². The van der Waals surface area contributed by atoms with Crippen LogP contribution >= 0.6 is 0 Å². The summed E-state index contributed by atoms with van der Waals surface area (Å²) in [6.07, 6.45) is 0. The smallest absolute Gasteiger partial charge is 0.179 e. The molecule has 0 aliphatic rings. The van der Waals surface area contributed by atoms with Gasteiger partial charge < -0.3 is 17.7 Å². The Kier molecular flexibility index (Phi) is 8.73. The van der Waals surface area contributed by atoms with Crippen LogP contribution < -0.4 is 20.7 Å². The maximum Gasteiger partial charge on any atom is 0.179 e. The van der Waals surface area contributed by atoms with Crippen molar-refractivity contribution in [3.8, 4) is 22.3 Å². The molecule has 0 aliphatic heterocycles. The van der Waals surface area contributed by atoms with E-state index in [2.05, 4.69) is 212 Å². The van der Waals surface area contributed by atoms with Crippen molar-refractivity contribution in [2.45, 2.75) is 6.92 Å². The van der Waals surface area contributed by atoms with E-state index in [-0.39, 0.29) is 0 Å². The molecule has 9 aromatic carbocycles. The molecule has 312 valence electrons. The fourth-order valence-electron chi connectivity index (χ4n) is 10.3. The Morgan fingerprint density at radius 3 is 1.18 bits per heavy atom. The highest BCUT2D eigenvalue weighted by Crippen LogP contribution is 2.38. The van der Waals surface area contributed by atoms with E-state index < -0.39 is 8.07 Å². The van der Waals surface area contributed by atoms with Gasteiger partial charge in [-0.2, -0.15) is 0 Å². The molecule has 4 nitrogen and oxygen atoms in total. The van der Waals surface area contributed by atoms with Crippen LogP contribution in [-0.2, 0) is 0 Å². The van der Waals surface area contributed by atoms with Crippen molar-refractivity contribution in [3.63, 3.8) is 0 Å². The molecule has 5 heteroatoms. The molecular weight excluding hydrogens is 825 g/mol. The number of furan rings is 3. The second-order valence-corrected chi connectivity index (χ2v) is 21.0. The Morgan fingerprint density at radius 2 is 0.652 bits per heavy atom. The van der Waals surface area contributed by atoms with Gasteiger partial charge in [-0.05, 0) is 117 Å². The molecular formula is C61H40O4Si. The van der Waals surface area contributed by atoms with E-state index in [4.69, 9.17) is 17.7 Å². The monoisotopic (exact) mass is 864 g/mol. The summed E-state index contributed by atoms with van der Waals surface area (Å²) in [5.74, 6) is 0.781. The largest absolute Gasteiger partial charge is 0.461 e. The van der Waals surface area contributed by atoms with Gasteiger partial charge in [0, 0.05) is 37.7 Å². The zero-order valence-corrected chi connectivity index (χ0v) is 37.0. The van der Waals surface area contributed by atoms with Gasteiger partial charge in [-0.25, -0.2) is 0 Å². The van der Waals surface area contributed by atoms with Crippen LogP contribution in [0.3, 0.4) is 0 Å². The van der Waals surface area contributed by atoms with Gasteiger partial charge >= 0.3 is 0 Å². The van der Waals surface area contributed by atoms with Crippen LogP contribution in [0.4, 0.5) is 0 Å². The standard InChI is InChI=1S/C61H40O4Si/c1-39-32-49-50-34-42(40-14-6-2-7-15-40)22-27-57(50)63-56(49)29-24-44-33-47(25-30-55(44)62-39)66(45-18-10-4-11-19-45,46-20-12-5-13-21-46)48-26-31-59-52(36-48)54-38-60-53(37-61(54)65-59)51-35-43(23-28-58(51)64-60)41-16-8-3-9-17-41/h2-38H,1H3. The molecule has 13 rings (SSSR count). The molecule has 13 aromatic rings.